The molecule has 0 bridgehead atoms. The van der Waals surface area contributed by atoms with Gasteiger partial charge in [0.05, 0.1) is 0 Å². The van der Waals surface area contributed by atoms with Crippen molar-refractivity contribution in [1.29, 1.82) is 0 Å². The number of hydrogen-bond acceptors (Lipinski definition) is 2. The van der Waals surface area contributed by atoms with E-state index in [-0.39, 0.29) is 23.5 Å². The van der Waals surface area contributed by atoms with Gasteiger partial charge in [-0.05, 0) is 48.5 Å². The maximum absolute atomic E-state index is 14.5. The van der Waals surface area contributed by atoms with E-state index in [0.29, 0.717) is 29.2 Å². The molecule has 6 heteroatoms. The summed E-state index contributed by atoms with van der Waals surface area (Å²) in [6.45, 7) is 4.87. The third kappa shape index (κ3) is 6.86. The van der Waals surface area contributed by atoms with E-state index in [9.17, 15) is 13.6 Å². The summed E-state index contributed by atoms with van der Waals surface area (Å²) < 4.78 is 28.0. The van der Waals surface area contributed by atoms with Crippen LogP contribution in [0.3, 0.4) is 0 Å². The van der Waals surface area contributed by atoms with Crippen molar-refractivity contribution in [3.8, 4) is 0 Å². The van der Waals surface area contributed by atoms with Gasteiger partial charge in [0.1, 0.15) is 11.6 Å². The van der Waals surface area contributed by atoms with E-state index >= 15 is 0 Å². The molecule has 0 unspecified atom stereocenters. The Labute approximate surface area is 198 Å². The van der Waals surface area contributed by atoms with Gasteiger partial charge in [-0.1, -0.05) is 60.6 Å². The van der Waals surface area contributed by atoms with Gasteiger partial charge in [0.2, 0.25) is 0 Å². The fraction of sp³-hybridized carbons (Fsp3) is 0.115. The zero-order valence-electron chi connectivity index (χ0n) is 17.5. The molecule has 0 saturated carbocycles. The van der Waals surface area contributed by atoms with Crippen LogP contribution in [0.2, 0.25) is 5.02 Å². The first-order chi connectivity index (χ1) is 14.8. The second kappa shape index (κ2) is 11.7. The Kier molecular flexibility index (Phi) is 9.33. The number of allylic oxidation sites excluding steroid dienone is 1. The molecule has 0 aromatic heterocycles. The van der Waals surface area contributed by atoms with Crippen LogP contribution in [-0.4, -0.2) is 24.3 Å². The molecular weight excluding hydrogens is 451 g/mol. The standard InChI is InChI=1S/C26H22ClF2NO.ClH/c1-18(16-30(2)17-20-6-4-3-5-7-20)26(31)24(14-19-8-10-21(27)11-9-19)23-13-12-22(28)15-25(23)29;/h3-15H,1,16-17H2,2H3;1H/b24-14+;. The molecule has 3 aromatic rings. The predicted octanol–water partition coefficient (Wildman–Crippen LogP) is 6.84. The van der Waals surface area contributed by atoms with Gasteiger partial charge in [-0.3, -0.25) is 9.69 Å². The second-order valence-electron chi connectivity index (χ2n) is 7.32. The monoisotopic (exact) mass is 473 g/mol. The minimum Gasteiger partial charge on any atom is -0.298 e. The summed E-state index contributed by atoms with van der Waals surface area (Å²) in [6, 6.07) is 19.8. The fourth-order valence-corrected chi connectivity index (χ4v) is 3.36. The molecule has 2 nitrogen and oxygen atoms in total. The number of carbonyl (C=O) groups excluding carboxylic acids is 1. The van der Waals surface area contributed by atoms with Crippen molar-refractivity contribution in [2.45, 2.75) is 6.54 Å². The largest absolute Gasteiger partial charge is 0.298 e. The highest BCUT2D eigenvalue weighted by Gasteiger charge is 2.20. The Morgan fingerprint density at radius 3 is 2.31 bits per heavy atom. The van der Waals surface area contributed by atoms with E-state index in [1.54, 1.807) is 30.3 Å². The summed E-state index contributed by atoms with van der Waals surface area (Å²) in [5.74, 6) is -1.92. The molecule has 0 amide bonds. The Bertz CT molecular complexity index is 1110. The summed E-state index contributed by atoms with van der Waals surface area (Å²) in [4.78, 5) is 15.2. The van der Waals surface area contributed by atoms with Crippen LogP contribution in [0.25, 0.3) is 11.6 Å². The lowest BCUT2D eigenvalue weighted by molar-refractivity contribution is -0.110. The highest BCUT2D eigenvalue weighted by Crippen LogP contribution is 2.26. The molecule has 166 valence electrons. The summed E-state index contributed by atoms with van der Waals surface area (Å²) >= 11 is 5.94. The van der Waals surface area contributed by atoms with Crippen molar-refractivity contribution in [2.24, 2.45) is 0 Å². The van der Waals surface area contributed by atoms with Crippen molar-refractivity contribution in [3.05, 3.63) is 118 Å². The highest BCUT2D eigenvalue weighted by molar-refractivity contribution is 6.32. The quantitative estimate of drug-likeness (QED) is 0.263. The third-order valence-corrected chi connectivity index (χ3v) is 4.98. The lowest BCUT2D eigenvalue weighted by Gasteiger charge is -2.19. The van der Waals surface area contributed by atoms with Crippen molar-refractivity contribution in [3.63, 3.8) is 0 Å². The number of likely N-dealkylation sites (N-methyl/N-ethyl adjacent to an activating group) is 1. The van der Waals surface area contributed by atoms with Crippen molar-refractivity contribution in [2.75, 3.05) is 13.6 Å². The predicted molar refractivity (Wildman–Crippen MR) is 130 cm³/mol. The number of Topliss-reactive ketones (excluding diaryl/α,β-unsaturated/α-hetero) is 1. The van der Waals surface area contributed by atoms with Gasteiger partial charge in [0, 0.05) is 40.9 Å². The first-order valence-electron chi connectivity index (χ1n) is 9.71. The fourth-order valence-electron chi connectivity index (χ4n) is 3.24. The molecule has 0 radical (unpaired) electrons. The first kappa shape index (κ1) is 25.5. The molecule has 0 fully saturated rings. The molecule has 32 heavy (non-hydrogen) atoms. The minimum absolute atomic E-state index is 0. The molecule has 0 atom stereocenters. The average Bonchev–Trinajstić information content (AvgIpc) is 2.74. The Balaban J connectivity index is 0.00000363. The normalized spacial score (nSPS) is 11.2. The van der Waals surface area contributed by atoms with Gasteiger partial charge < -0.3 is 0 Å². The SMILES string of the molecule is C=C(CN(C)Cc1ccccc1)C(=O)/C(=C/c1ccc(Cl)cc1)c1ccc(F)cc1F.Cl. The van der Waals surface area contributed by atoms with Gasteiger partial charge >= 0.3 is 0 Å². The van der Waals surface area contributed by atoms with Gasteiger partial charge in [0.15, 0.2) is 5.78 Å². The van der Waals surface area contributed by atoms with Crippen LogP contribution in [0.4, 0.5) is 8.78 Å². The van der Waals surface area contributed by atoms with Gasteiger partial charge in [-0.2, -0.15) is 0 Å². The van der Waals surface area contributed by atoms with Crippen LogP contribution >= 0.6 is 24.0 Å². The van der Waals surface area contributed by atoms with Crippen molar-refractivity contribution < 1.29 is 13.6 Å². The Hall–Kier alpha value is -2.79. The summed E-state index contributed by atoms with van der Waals surface area (Å²) in [5, 5.41) is 0.546. The minimum atomic E-state index is -0.806. The van der Waals surface area contributed by atoms with Gasteiger partial charge in [-0.15, -0.1) is 12.4 Å². The number of ketones is 1. The maximum Gasteiger partial charge on any atom is 0.190 e. The lowest BCUT2D eigenvalue weighted by Crippen LogP contribution is -2.24. The average molecular weight is 474 g/mol. The molecule has 3 rings (SSSR count). The third-order valence-electron chi connectivity index (χ3n) is 4.72. The highest BCUT2D eigenvalue weighted by atomic mass is 35.5. The Morgan fingerprint density at radius 2 is 1.69 bits per heavy atom. The zero-order valence-corrected chi connectivity index (χ0v) is 19.1. The van der Waals surface area contributed by atoms with E-state index in [1.165, 1.54) is 6.07 Å². The molecular formula is C26H23Cl2F2NO. The number of carbonyl (C=O) groups is 1. The van der Waals surface area contributed by atoms with E-state index in [4.69, 9.17) is 11.6 Å². The zero-order chi connectivity index (χ0) is 22.4. The molecule has 3 aromatic carbocycles. The van der Waals surface area contributed by atoms with E-state index in [0.717, 1.165) is 17.7 Å². The van der Waals surface area contributed by atoms with Crippen LogP contribution in [-0.2, 0) is 11.3 Å². The summed E-state index contributed by atoms with van der Waals surface area (Å²) in [6.07, 6.45) is 1.57. The summed E-state index contributed by atoms with van der Waals surface area (Å²) in [5.41, 5.74) is 2.21. The first-order valence-corrected chi connectivity index (χ1v) is 10.1. The van der Waals surface area contributed by atoms with Crippen LogP contribution in [0, 0.1) is 11.6 Å². The van der Waals surface area contributed by atoms with Gasteiger partial charge in [0.25, 0.3) is 0 Å². The summed E-state index contributed by atoms with van der Waals surface area (Å²) in [7, 11) is 1.88. The van der Waals surface area contributed by atoms with Crippen molar-refractivity contribution in [1.82, 2.24) is 4.90 Å². The molecule has 0 spiro atoms. The molecule has 0 aliphatic heterocycles. The van der Waals surface area contributed by atoms with Crippen LogP contribution in [0.15, 0.2) is 84.9 Å². The molecule has 0 aliphatic carbocycles. The molecule has 0 N–H and O–H groups in total. The smallest absolute Gasteiger partial charge is 0.190 e. The van der Waals surface area contributed by atoms with Crippen molar-refractivity contribution >= 4 is 41.4 Å². The number of hydrogen-bond donors (Lipinski definition) is 0. The van der Waals surface area contributed by atoms with E-state index in [2.05, 4.69) is 6.58 Å². The number of rotatable bonds is 8. The Morgan fingerprint density at radius 1 is 1.03 bits per heavy atom. The van der Waals surface area contributed by atoms with E-state index < -0.39 is 17.4 Å². The topological polar surface area (TPSA) is 20.3 Å². The second-order valence-corrected chi connectivity index (χ2v) is 7.76. The van der Waals surface area contributed by atoms with E-state index in [1.807, 2.05) is 42.3 Å². The number of nitrogens with zero attached hydrogens (tertiary/aromatic N) is 1. The maximum atomic E-state index is 14.5. The number of halogens is 4. The molecule has 0 saturated heterocycles. The lowest BCUT2D eigenvalue weighted by atomic mass is 9.94. The number of benzene rings is 3. The molecule has 0 heterocycles. The molecule has 0 aliphatic rings. The van der Waals surface area contributed by atoms with Crippen LogP contribution in [0.5, 0.6) is 0 Å². The van der Waals surface area contributed by atoms with Crippen LogP contribution < -0.4 is 0 Å². The van der Waals surface area contributed by atoms with Gasteiger partial charge in [-0.25, -0.2) is 8.78 Å². The van der Waals surface area contributed by atoms with Crippen LogP contribution in [0.1, 0.15) is 16.7 Å².